The molecule has 0 radical (unpaired) electrons. The number of carboxylic acids is 1. The SMILES string of the molecule is CCCC[C@@H](NC(=O)C(F)(F)C(F)(F)C(F)(F)C(F)F)C(=O)O. The summed E-state index contributed by atoms with van der Waals surface area (Å²) >= 11 is 0. The maximum atomic E-state index is 13.2. The Morgan fingerprint density at radius 1 is 1.09 bits per heavy atom. The van der Waals surface area contributed by atoms with Crippen molar-refractivity contribution >= 4 is 11.9 Å². The first kappa shape index (κ1) is 21.4. The van der Waals surface area contributed by atoms with Crippen LogP contribution in [0.25, 0.3) is 0 Å². The molecular formula is C11H13F8NO3. The van der Waals surface area contributed by atoms with Crippen LogP contribution in [0.1, 0.15) is 26.2 Å². The molecule has 0 aliphatic rings. The van der Waals surface area contributed by atoms with E-state index < -0.39 is 48.5 Å². The number of alkyl halides is 8. The highest BCUT2D eigenvalue weighted by Gasteiger charge is 2.78. The maximum Gasteiger partial charge on any atom is 0.392 e. The van der Waals surface area contributed by atoms with E-state index in [1.807, 2.05) is 0 Å². The molecule has 0 fully saturated rings. The number of hydrogen-bond acceptors (Lipinski definition) is 2. The van der Waals surface area contributed by atoms with E-state index in [1.54, 1.807) is 6.92 Å². The highest BCUT2D eigenvalue weighted by Crippen LogP contribution is 2.48. The van der Waals surface area contributed by atoms with Crippen LogP contribution in [0.15, 0.2) is 0 Å². The average Bonchev–Trinajstić information content (AvgIpc) is 2.41. The van der Waals surface area contributed by atoms with Gasteiger partial charge >= 0.3 is 30.2 Å². The van der Waals surface area contributed by atoms with Crippen molar-refractivity contribution in [2.24, 2.45) is 0 Å². The Morgan fingerprint density at radius 3 is 1.91 bits per heavy atom. The summed E-state index contributed by atoms with van der Waals surface area (Å²) in [5, 5.41) is 9.61. The molecule has 0 bridgehead atoms. The minimum Gasteiger partial charge on any atom is -0.480 e. The van der Waals surface area contributed by atoms with Crippen LogP contribution < -0.4 is 5.32 Å². The van der Waals surface area contributed by atoms with E-state index in [9.17, 15) is 44.7 Å². The first-order valence-corrected chi connectivity index (χ1v) is 6.18. The molecule has 0 heterocycles. The Kier molecular flexibility index (Phi) is 6.79. The molecule has 23 heavy (non-hydrogen) atoms. The number of carbonyl (C=O) groups excluding carboxylic acids is 1. The first-order valence-electron chi connectivity index (χ1n) is 6.18. The van der Waals surface area contributed by atoms with Crippen molar-refractivity contribution in [3.05, 3.63) is 0 Å². The topological polar surface area (TPSA) is 66.4 Å². The largest absolute Gasteiger partial charge is 0.480 e. The Balaban J connectivity index is 5.40. The summed E-state index contributed by atoms with van der Waals surface area (Å²) < 4.78 is 101. The molecule has 0 unspecified atom stereocenters. The number of carboxylic acid groups (broad SMARTS) is 1. The summed E-state index contributed by atoms with van der Waals surface area (Å²) in [6.45, 7) is 1.56. The normalized spacial score (nSPS) is 14.7. The summed E-state index contributed by atoms with van der Waals surface area (Å²) in [7, 11) is 0. The fourth-order valence-corrected chi connectivity index (χ4v) is 1.40. The molecule has 0 aliphatic heterocycles. The van der Waals surface area contributed by atoms with Gasteiger partial charge in [-0.3, -0.25) is 4.79 Å². The van der Waals surface area contributed by atoms with Crippen molar-refractivity contribution in [1.29, 1.82) is 0 Å². The van der Waals surface area contributed by atoms with E-state index in [0.717, 1.165) is 5.32 Å². The van der Waals surface area contributed by atoms with Gasteiger partial charge in [-0.1, -0.05) is 19.8 Å². The molecule has 4 nitrogen and oxygen atoms in total. The summed E-state index contributed by atoms with van der Waals surface area (Å²) in [5.74, 6) is -24.4. The van der Waals surface area contributed by atoms with Crippen molar-refractivity contribution in [1.82, 2.24) is 5.32 Å². The number of halogens is 8. The molecule has 0 aromatic carbocycles. The molecule has 2 N–H and O–H groups in total. The molecule has 12 heteroatoms. The Bertz CT molecular complexity index is 441. The van der Waals surface area contributed by atoms with E-state index in [2.05, 4.69) is 0 Å². The van der Waals surface area contributed by atoms with Crippen LogP contribution in [0.2, 0.25) is 0 Å². The zero-order valence-corrected chi connectivity index (χ0v) is 11.6. The predicted molar refractivity (Wildman–Crippen MR) is 59.9 cm³/mol. The smallest absolute Gasteiger partial charge is 0.392 e. The number of nitrogens with one attached hydrogen (secondary N) is 1. The van der Waals surface area contributed by atoms with E-state index in [-0.39, 0.29) is 6.42 Å². The lowest BCUT2D eigenvalue weighted by Gasteiger charge is -2.31. The van der Waals surface area contributed by atoms with Crippen LogP contribution in [0.3, 0.4) is 0 Å². The third kappa shape index (κ3) is 4.22. The van der Waals surface area contributed by atoms with Crippen LogP contribution in [0.4, 0.5) is 35.1 Å². The minimum absolute atomic E-state index is 0.0897. The van der Waals surface area contributed by atoms with E-state index in [0.29, 0.717) is 6.42 Å². The van der Waals surface area contributed by atoms with Gasteiger partial charge in [0.2, 0.25) is 0 Å². The minimum atomic E-state index is -6.72. The van der Waals surface area contributed by atoms with Crippen molar-refractivity contribution in [2.75, 3.05) is 0 Å². The molecule has 0 aliphatic carbocycles. The van der Waals surface area contributed by atoms with Gasteiger partial charge in [-0.2, -0.15) is 26.3 Å². The molecular weight excluding hydrogens is 346 g/mol. The predicted octanol–water partition coefficient (Wildman–Crippen LogP) is 2.92. The van der Waals surface area contributed by atoms with Gasteiger partial charge in [0.15, 0.2) is 0 Å². The van der Waals surface area contributed by atoms with E-state index >= 15 is 0 Å². The lowest BCUT2D eigenvalue weighted by atomic mass is 10.0. The summed E-state index contributed by atoms with van der Waals surface area (Å²) in [6.07, 6.45) is -5.15. The van der Waals surface area contributed by atoms with Gasteiger partial charge in [0.25, 0.3) is 5.91 Å². The number of amides is 1. The van der Waals surface area contributed by atoms with Crippen molar-refractivity contribution in [2.45, 2.75) is 56.4 Å². The molecule has 0 spiro atoms. The van der Waals surface area contributed by atoms with Crippen LogP contribution in [-0.4, -0.2) is 47.2 Å². The Morgan fingerprint density at radius 2 is 1.57 bits per heavy atom. The average molecular weight is 359 g/mol. The highest BCUT2D eigenvalue weighted by atomic mass is 19.4. The number of rotatable bonds is 9. The Hall–Kier alpha value is -1.62. The third-order valence-electron chi connectivity index (χ3n) is 2.82. The van der Waals surface area contributed by atoms with Crippen LogP contribution in [-0.2, 0) is 9.59 Å². The first-order chi connectivity index (χ1) is 10.2. The fourth-order valence-electron chi connectivity index (χ4n) is 1.40. The number of unbranched alkanes of at least 4 members (excludes halogenated alkanes) is 1. The highest BCUT2D eigenvalue weighted by molar-refractivity contribution is 5.89. The quantitative estimate of drug-likeness (QED) is 0.622. The van der Waals surface area contributed by atoms with E-state index in [4.69, 9.17) is 5.11 Å². The molecule has 1 amide bonds. The second kappa shape index (κ2) is 7.30. The summed E-state index contributed by atoms with van der Waals surface area (Å²) in [4.78, 5) is 21.8. The second-order valence-corrected chi connectivity index (χ2v) is 4.58. The monoisotopic (exact) mass is 359 g/mol. The molecule has 136 valence electrons. The molecule has 1 atom stereocenters. The molecule has 0 saturated heterocycles. The van der Waals surface area contributed by atoms with E-state index in [1.165, 1.54) is 0 Å². The van der Waals surface area contributed by atoms with Crippen molar-refractivity contribution in [3.8, 4) is 0 Å². The van der Waals surface area contributed by atoms with Gasteiger partial charge in [0.05, 0.1) is 0 Å². The van der Waals surface area contributed by atoms with Gasteiger partial charge in [-0.15, -0.1) is 0 Å². The van der Waals surface area contributed by atoms with Gasteiger partial charge in [-0.25, -0.2) is 13.6 Å². The van der Waals surface area contributed by atoms with Crippen LogP contribution in [0.5, 0.6) is 0 Å². The lowest BCUT2D eigenvalue weighted by Crippen LogP contribution is -2.64. The standard InChI is InChI=1S/C11H13F8NO3/c1-2-3-4-5(6(21)22)20-8(23)10(16,17)11(18,19)9(14,15)7(12)13/h5,7H,2-4H2,1H3,(H,20,23)(H,21,22)/t5-/m1/s1. The van der Waals surface area contributed by atoms with Crippen LogP contribution in [0, 0.1) is 0 Å². The molecule has 0 saturated carbocycles. The zero-order chi connectivity index (χ0) is 18.6. The lowest BCUT2D eigenvalue weighted by molar-refractivity contribution is -0.327. The molecule has 0 aromatic heterocycles. The van der Waals surface area contributed by atoms with Gasteiger partial charge in [0, 0.05) is 0 Å². The molecule has 0 aromatic rings. The summed E-state index contributed by atoms with van der Waals surface area (Å²) in [6, 6.07) is -2.05. The number of hydrogen-bond donors (Lipinski definition) is 2. The number of aliphatic carboxylic acids is 1. The third-order valence-corrected chi connectivity index (χ3v) is 2.82. The Labute approximate surface area is 124 Å². The fraction of sp³-hybridized carbons (Fsp3) is 0.818. The van der Waals surface area contributed by atoms with Crippen molar-refractivity contribution < 1.29 is 49.8 Å². The molecule has 0 rings (SSSR count). The van der Waals surface area contributed by atoms with Crippen LogP contribution >= 0.6 is 0 Å². The van der Waals surface area contributed by atoms with Crippen molar-refractivity contribution in [3.63, 3.8) is 0 Å². The number of carbonyl (C=O) groups is 2. The second-order valence-electron chi connectivity index (χ2n) is 4.58. The van der Waals surface area contributed by atoms with Gasteiger partial charge in [-0.05, 0) is 6.42 Å². The summed E-state index contributed by atoms with van der Waals surface area (Å²) in [5.41, 5.74) is 0. The maximum absolute atomic E-state index is 13.2. The van der Waals surface area contributed by atoms with Gasteiger partial charge in [0.1, 0.15) is 6.04 Å². The van der Waals surface area contributed by atoms with Gasteiger partial charge < -0.3 is 10.4 Å². The zero-order valence-electron chi connectivity index (χ0n) is 11.6.